The smallest absolute Gasteiger partial charge is 0.253 e. The standard InChI is InChI=1S/C24H21N5O2S/c30-21(16-32-24-27-22(28-29-24)18-11-5-2-6-12-18)26-20-14-8-7-13-19(20)23(31)25-15-17-9-3-1-4-10-17/h1-14H,15-16H2,(H,25,31)(H,26,30)(H,27,28,29). The molecule has 32 heavy (non-hydrogen) atoms. The highest BCUT2D eigenvalue weighted by Gasteiger charge is 2.14. The summed E-state index contributed by atoms with van der Waals surface area (Å²) in [5, 5.41) is 13.2. The zero-order chi connectivity index (χ0) is 22.2. The molecule has 0 aliphatic rings. The Morgan fingerprint density at radius 2 is 1.56 bits per heavy atom. The number of nitrogens with one attached hydrogen (secondary N) is 3. The van der Waals surface area contributed by atoms with E-state index < -0.39 is 0 Å². The molecule has 2 amide bonds. The maximum atomic E-state index is 12.6. The van der Waals surface area contributed by atoms with E-state index in [0.717, 1.165) is 11.1 Å². The summed E-state index contributed by atoms with van der Waals surface area (Å²) in [5.41, 5.74) is 2.79. The van der Waals surface area contributed by atoms with Gasteiger partial charge in [0.25, 0.3) is 5.91 Å². The number of hydrogen-bond acceptors (Lipinski definition) is 5. The van der Waals surface area contributed by atoms with Crippen LogP contribution in [-0.2, 0) is 11.3 Å². The van der Waals surface area contributed by atoms with Crippen molar-refractivity contribution in [3.63, 3.8) is 0 Å². The number of hydrogen-bond donors (Lipinski definition) is 3. The molecule has 0 bridgehead atoms. The van der Waals surface area contributed by atoms with Gasteiger partial charge in [-0.15, -0.1) is 5.10 Å². The number of H-pyrrole nitrogens is 1. The quantitative estimate of drug-likeness (QED) is 0.356. The van der Waals surface area contributed by atoms with Gasteiger partial charge in [-0.3, -0.25) is 14.7 Å². The lowest BCUT2D eigenvalue weighted by Gasteiger charge is -2.11. The molecule has 0 fully saturated rings. The Bertz CT molecular complexity index is 1200. The molecule has 3 N–H and O–H groups in total. The van der Waals surface area contributed by atoms with Crippen molar-refractivity contribution in [2.24, 2.45) is 0 Å². The minimum Gasteiger partial charge on any atom is -0.348 e. The summed E-state index contributed by atoms with van der Waals surface area (Å²) in [5.74, 6) is 0.267. The van der Waals surface area contributed by atoms with Crippen molar-refractivity contribution in [3.05, 3.63) is 96.1 Å². The third-order valence-electron chi connectivity index (χ3n) is 4.59. The summed E-state index contributed by atoms with van der Waals surface area (Å²) in [7, 11) is 0. The molecule has 0 saturated carbocycles. The van der Waals surface area contributed by atoms with E-state index in [4.69, 9.17) is 0 Å². The maximum absolute atomic E-state index is 12.6. The van der Waals surface area contributed by atoms with Crippen molar-refractivity contribution in [2.45, 2.75) is 11.7 Å². The highest BCUT2D eigenvalue weighted by atomic mass is 32.2. The third kappa shape index (κ3) is 5.61. The number of carbonyl (C=O) groups excluding carboxylic acids is 2. The lowest BCUT2D eigenvalue weighted by Crippen LogP contribution is -2.25. The van der Waals surface area contributed by atoms with E-state index in [2.05, 4.69) is 25.8 Å². The first-order valence-electron chi connectivity index (χ1n) is 10.0. The molecule has 3 aromatic carbocycles. The van der Waals surface area contributed by atoms with Gasteiger partial charge < -0.3 is 10.6 Å². The van der Waals surface area contributed by atoms with Crippen LogP contribution in [0.5, 0.6) is 0 Å². The second-order valence-corrected chi connectivity index (χ2v) is 7.83. The highest BCUT2D eigenvalue weighted by Crippen LogP contribution is 2.20. The summed E-state index contributed by atoms with van der Waals surface area (Å²) >= 11 is 1.22. The summed E-state index contributed by atoms with van der Waals surface area (Å²) in [6.07, 6.45) is 0. The van der Waals surface area contributed by atoms with Gasteiger partial charge in [-0.05, 0) is 17.7 Å². The van der Waals surface area contributed by atoms with Crippen molar-refractivity contribution < 1.29 is 9.59 Å². The monoisotopic (exact) mass is 443 g/mol. The van der Waals surface area contributed by atoms with Crippen LogP contribution in [-0.4, -0.2) is 32.7 Å². The SMILES string of the molecule is O=C(CSc1n[nH]c(-c2ccccc2)n1)Nc1ccccc1C(=O)NCc1ccccc1. The molecule has 1 heterocycles. The topological polar surface area (TPSA) is 99.8 Å². The highest BCUT2D eigenvalue weighted by molar-refractivity contribution is 7.99. The van der Waals surface area contributed by atoms with E-state index in [1.165, 1.54) is 11.8 Å². The number of para-hydroxylation sites is 1. The fraction of sp³-hybridized carbons (Fsp3) is 0.0833. The number of carbonyl (C=O) groups is 2. The van der Waals surface area contributed by atoms with Crippen LogP contribution >= 0.6 is 11.8 Å². The molecular formula is C24H21N5O2S. The number of rotatable bonds is 8. The van der Waals surface area contributed by atoms with Gasteiger partial charge >= 0.3 is 0 Å². The van der Waals surface area contributed by atoms with Crippen molar-refractivity contribution >= 4 is 29.3 Å². The van der Waals surface area contributed by atoms with E-state index >= 15 is 0 Å². The number of amides is 2. The minimum absolute atomic E-state index is 0.117. The number of thioether (sulfide) groups is 1. The molecule has 0 radical (unpaired) electrons. The average Bonchev–Trinajstić information content (AvgIpc) is 3.32. The number of anilines is 1. The number of aromatic nitrogens is 3. The van der Waals surface area contributed by atoms with E-state index in [0.29, 0.717) is 28.8 Å². The van der Waals surface area contributed by atoms with E-state index in [1.54, 1.807) is 24.3 Å². The van der Waals surface area contributed by atoms with Crippen LogP contribution < -0.4 is 10.6 Å². The Labute approximate surface area is 189 Å². The zero-order valence-corrected chi connectivity index (χ0v) is 17.9. The second kappa shape index (κ2) is 10.4. The van der Waals surface area contributed by atoms with E-state index in [-0.39, 0.29) is 17.6 Å². The molecule has 8 heteroatoms. The van der Waals surface area contributed by atoms with Crippen LogP contribution in [0.2, 0.25) is 0 Å². The van der Waals surface area contributed by atoms with Gasteiger partial charge in [0.05, 0.1) is 17.0 Å². The summed E-state index contributed by atoms with van der Waals surface area (Å²) in [6, 6.07) is 26.2. The summed E-state index contributed by atoms with van der Waals surface area (Å²) in [4.78, 5) is 29.5. The predicted octanol–water partition coefficient (Wildman–Crippen LogP) is 4.13. The molecule has 160 valence electrons. The van der Waals surface area contributed by atoms with Gasteiger partial charge in [0.1, 0.15) is 0 Å². The molecule has 0 unspecified atom stereocenters. The van der Waals surface area contributed by atoms with Gasteiger partial charge in [-0.25, -0.2) is 4.98 Å². The van der Waals surface area contributed by atoms with Gasteiger partial charge in [0.15, 0.2) is 5.82 Å². The van der Waals surface area contributed by atoms with Crippen molar-refractivity contribution in [1.82, 2.24) is 20.5 Å². The Hall–Kier alpha value is -3.91. The lowest BCUT2D eigenvalue weighted by atomic mass is 10.1. The summed E-state index contributed by atoms with van der Waals surface area (Å²) in [6.45, 7) is 0.409. The number of aromatic amines is 1. The molecular weight excluding hydrogens is 422 g/mol. The average molecular weight is 444 g/mol. The molecule has 4 rings (SSSR count). The molecule has 7 nitrogen and oxygen atoms in total. The van der Waals surface area contributed by atoms with E-state index in [9.17, 15) is 9.59 Å². The molecule has 0 saturated heterocycles. The first-order chi connectivity index (χ1) is 15.7. The van der Waals surface area contributed by atoms with Crippen LogP contribution in [0, 0.1) is 0 Å². The van der Waals surface area contributed by atoms with Crippen LogP contribution in [0.15, 0.2) is 90.1 Å². The van der Waals surface area contributed by atoms with Crippen molar-refractivity contribution in [1.29, 1.82) is 0 Å². The third-order valence-corrected chi connectivity index (χ3v) is 5.43. The van der Waals surface area contributed by atoms with Crippen LogP contribution in [0.4, 0.5) is 5.69 Å². The molecule has 0 spiro atoms. The fourth-order valence-corrected chi connectivity index (χ4v) is 3.61. The van der Waals surface area contributed by atoms with Crippen LogP contribution in [0.25, 0.3) is 11.4 Å². The molecule has 0 atom stereocenters. The van der Waals surface area contributed by atoms with Crippen molar-refractivity contribution in [3.8, 4) is 11.4 Å². The number of benzene rings is 3. The van der Waals surface area contributed by atoms with Crippen LogP contribution in [0.1, 0.15) is 15.9 Å². The largest absolute Gasteiger partial charge is 0.348 e. The normalized spacial score (nSPS) is 10.5. The Kier molecular flexibility index (Phi) is 6.94. The maximum Gasteiger partial charge on any atom is 0.253 e. The first-order valence-corrected chi connectivity index (χ1v) is 11.0. The van der Waals surface area contributed by atoms with Gasteiger partial charge in [-0.2, -0.15) is 0 Å². The van der Waals surface area contributed by atoms with Gasteiger partial charge in [-0.1, -0.05) is 84.6 Å². The predicted molar refractivity (Wildman–Crippen MR) is 125 cm³/mol. The molecule has 4 aromatic rings. The molecule has 0 aliphatic heterocycles. The molecule has 0 aliphatic carbocycles. The van der Waals surface area contributed by atoms with Gasteiger partial charge in [0, 0.05) is 12.1 Å². The Balaban J connectivity index is 1.33. The zero-order valence-electron chi connectivity index (χ0n) is 17.1. The minimum atomic E-state index is -0.251. The Morgan fingerprint density at radius 3 is 2.34 bits per heavy atom. The fourth-order valence-electron chi connectivity index (χ4n) is 3.02. The number of nitrogens with zero attached hydrogens (tertiary/aromatic N) is 2. The van der Waals surface area contributed by atoms with Crippen LogP contribution in [0.3, 0.4) is 0 Å². The Morgan fingerprint density at radius 1 is 0.875 bits per heavy atom. The molecule has 1 aromatic heterocycles. The van der Waals surface area contributed by atoms with Gasteiger partial charge in [0.2, 0.25) is 11.1 Å². The lowest BCUT2D eigenvalue weighted by molar-refractivity contribution is -0.113. The second-order valence-electron chi connectivity index (χ2n) is 6.88. The van der Waals surface area contributed by atoms with E-state index in [1.807, 2.05) is 60.7 Å². The first kappa shape index (κ1) is 21.3. The van der Waals surface area contributed by atoms with Crippen molar-refractivity contribution in [2.75, 3.05) is 11.1 Å². The summed E-state index contributed by atoms with van der Waals surface area (Å²) < 4.78 is 0.